The van der Waals surface area contributed by atoms with Gasteiger partial charge in [-0.15, -0.1) is 5.10 Å². The van der Waals surface area contributed by atoms with Crippen LogP contribution < -0.4 is 0 Å². The second-order valence-corrected chi connectivity index (χ2v) is 8.63. The van der Waals surface area contributed by atoms with Crippen LogP contribution in [0.25, 0.3) is 22.2 Å². The summed E-state index contributed by atoms with van der Waals surface area (Å²) in [6, 6.07) is 17.4. The molecule has 1 aromatic heterocycles. The van der Waals surface area contributed by atoms with Crippen molar-refractivity contribution < 1.29 is 8.78 Å². The Balaban J connectivity index is 1.62. The molecule has 0 aliphatic carbocycles. The molecule has 176 valence electrons. The monoisotopic (exact) mass is 461 g/mol. The zero-order chi connectivity index (χ0) is 24.1. The molecular weight excluding hydrogens is 432 g/mol. The van der Waals surface area contributed by atoms with Gasteiger partial charge in [0.05, 0.1) is 5.52 Å². The van der Waals surface area contributed by atoms with Crippen LogP contribution in [-0.2, 0) is 13.1 Å². The number of rotatable bonds is 10. The molecule has 5 nitrogen and oxygen atoms in total. The van der Waals surface area contributed by atoms with Gasteiger partial charge in [-0.1, -0.05) is 43.3 Å². The van der Waals surface area contributed by atoms with Crippen LogP contribution in [0.15, 0.2) is 60.7 Å². The summed E-state index contributed by atoms with van der Waals surface area (Å²) in [5, 5.41) is 19.1. The summed E-state index contributed by atoms with van der Waals surface area (Å²) in [7, 11) is 0. The number of benzene rings is 3. The molecule has 0 amide bonds. The molecule has 0 spiro atoms. The standard InChI is InChI=1S/C27H29F2N5/c1-3-19(25(30)4-2)16-34(15-18-5-9-23(28)10-6-18)17-22-13-20(7-11-24(22)29)21-8-12-26-27(14-21)32-33-31-26/h5-14,19,30H,3-4,15-17H2,1-2H3,(H,31,32,33)/t19-/m0/s1. The summed E-state index contributed by atoms with van der Waals surface area (Å²) in [5.41, 5.74) is 5.67. The van der Waals surface area contributed by atoms with Crippen molar-refractivity contribution in [1.29, 1.82) is 5.41 Å². The van der Waals surface area contributed by atoms with Gasteiger partial charge in [0.15, 0.2) is 0 Å². The lowest BCUT2D eigenvalue weighted by Gasteiger charge is -2.28. The Bertz CT molecular complexity index is 1270. The highest BCUT2D eigenvalue weighted by atomic mass is 19.1. The van der Waals surface area contributed by atoms with Crippen LogP contribution in [0.5, 0.6) is 0 Å². The van der Waals surface area contributed by atoms with Crippen molar-refractivity contribution in [3.05, 3.63) is 83.4 Å². The Kier molecular flexibility index (Phi) is 7.43. The second kappa shape index (κ2) is 10.7. The van der Waals surface area contributed by atoms with Crippen LogP contribution >= 0.6 is 0 Å². The molecule has 1 heterocycles. The molecular formula is C27H29F2N5. The number of H-pyrrole nitrogens is 1. The maximum absolute atomic E-state index is 14.9. The number of nitrogens with zero attached hydrogens (tertiary/aromatic N) is 3. The van der Waals surface area contributed by atoms with Crippen molar-refractivity contribution in [1.82, 2.24) is 20.3 Å². The fourth-order valence-corrected chi connectivity index (χ4v) is 4.26. The van der Waals surface area contributed by atoms with E-state index in [-0.39, 0.29) is 17.6 Å². The molecule has 2 N–H and O–H groups in total. The van der Waals surface area contributed by atoms with E-state index in [9.17, 15) is 8.78 Å². The summed E-state index contributed by atoms with van der Waals surface area (Å²) < 4.78 is 28.4. The van der Waals surface area contributed by atoms with Gasteiger partial charge in [0.2, 0.25) is 0 Å². The Morgan fingerprint density at radius 2 is 1.71 bits per heavy atom. The quantitative estimate of drug-likeness (QED) is 0.270. The minimum atomic E-state index is -0.280. The van der Waals surface area contributed by atoms with Crippen LogP contribution in [-0.4, -0.2) is 32.6 Å². The van der Waals surface area contributed by atoms with Gasteiger partial charge >= 0.3 is 0 Å². The fourth-order valence-electron chi connectivity index (χ4n) is 4.26. The van der Waals surface area contributed by atoms with Crippen molar-refractivity contribution in [3.63, 3.8) is 0 Å². The van der Waals surface area contributed by atoms with Gasteiger partial charge in [0, 0.05) is 36.8 Å². The van der Waals surface area contributed by atoms with Gasteiger partial charge in [-0.3, -0.25) is 10.00 Å². The summed E-state index contributed by atoms with van der Waals surface area (Å²) in [5.74, 6) is -0.461. The van der Waals surface area contributed by atoms with Crippen molar-refractivity contribution in [2.24, 2.45) is 5.92 Å². The normalized spacial score (nSPS) is 12.4. The number of fused-ring (bicyclic) bond motifs is 1. The molecule has 7 heteroatoms. The first kappa shape index (κ1) is 23.7. The maximum Gasteiger partial charge on any atom is 0.127 e. The first-order valence-electron chi connectivity index (χ1n) is 11.6. The van der Waals surface area contributed by atoms with E-state index in [2.05, 4.69) is 27.2 Å². The molecule has 0 radical (unpaired) electrons. The average molecular weight is 462 g/mol. The van der Waals surface area contributed by atoms with E-state index >= 15 is 0 Å². The van der Waals surface area contributed by atoms with Gasteiger partial charge in [-0.25, -0.2) is 8.78 Å². The van der Waals surface area contributed by atoms with Crippen LogP contribution in [0.1, 0.15) is 37.8 Å². The third kappa shape index (κ3) is 5.54. The summed E-state index contributed by atoms with van der Waals surface area (Å²) >= 11 is 0. The zero-order valence-electron chi connectivity index (χ0n) is 19.5. The minimum absolute atomic E-state index is 0.0891. The van der Waals surface area contributed by atoms with Crippen molar-refractivity contribution >= 4 is 16.7 Å². The third-order valence-electron chi connectivity index (χ3n) is 6.26. The molecule has 0 unspecified atom stereocenters. The van der Waals surface area contributed by atoms with Crippen molar-refractivity contribution in [2.75, 3.05) is 6.54 Å². The Labute approximate surface area is 198 Å². The van der Waals surface area contributed by atoms with E-state index in [0.717, 1.165) is 34.1 Å². The molecule has 3 aromatic carbocycles. The SMILES string of the molecule is CCC(=N)[C@@H](CC)CN(Cc1ccc(F)cc1)Cc1cc(-c2ccc3[nH]nnc3c2)ccc1F. The van der Waals surface area contributed by atoms with E-state index in [0.29, 0.717) is 37.3 Å². The smallest absolute Gasteiger partial charge is 0.127 e. The predicted molar refractivity (Wildman–Crippen MR) is 132 cm³/mol. The molecule has 1 atom stereocenters. The van der Waals surface area contributed by atoms with Gasteiger partial charge in [0.1, 0.15) is 17.2 Å². The molecule has 0 saturated carbocycles. The highest BCUT2D eigenvalue weighted by Crippen LogP contribution is 2.26. The van der Waals surface area contributed by atoms with E-state index in [1.807, 2.05) is 31.2 Å². The Morgan fingerprint density at radius 1 is 0.971 bits per heavy atom. The number of hydrogen-bond donors (Lipinski definition) is 2. The van der Waals surface area contributed by atoms with Gasteiger partial charge in [-0.2, -0.15) is 0 Å². The molecule has 4 aromatic rings. The molecule has 34 heavy (non-hydrogen) atoms. The lowest BCUT2D eigenvalue weighted by molar-refractivity contribution is 0.230. The van der Waals surface area contributed by atoms with Crippen LogP contribution in [0.3, 0.4) is 0 Å². The molecule has 0 aliphatic heterocycles. The Morgan fingerprint density at radius 3 is 2.44 bits per heavy atom. The van der Waals surface area contributed by atoms with Gasteiger partial charge in [-0.05, 0) is 65.9 Å². The first-order chi connectivity index (χ1) is 16.5. The number of aromatic amines is 1. The number of nitrogens with one attached hydrogen (secondary N) is 2. The topological polar surface area (TPSA) is 68.7 Å². The lowest BCUT2D eigenvalue weighted by atomic mass is 9.96. The number of hydrogen-bond acceptors (Lipinski definition) is 4. The zero-order valence-corrected chi connectivity index (χ0v) is 19.5. The molecule has 0 aliphatic rings. The highest BCUT2D eigenvalue weighted by molar-refractivity contribution is 5.83. The molecule has 0 bridgehead atoms. The van der Waals surface area contributed by atoms with E-state index < -0.39 is 0 Å². The molecule has 0 fully saturated rings. The predicted octanol–water partition coefficient (Wildman–Crippen LogP) is 6.36. The fraction of sp³-hybridized carbons (Fsp3) is 0.296. The van der Waals surface area contributed by atoms with E-state index in [1.54, 1.807) is 18.2 Å². The lowest BCUT2D eigenvalue weighted by Crippen LogP contribution is -2.32. The third-order valence-corrected chi connectivity index (χ3v) is 6.26. The average Bonchev–Trinajstić information content (AvgIpc) is 3.32. The van der Waals surface area contributed by atoms with Crippen molar-refractivity contribution in [3.8, 4) is 11.1 Å². The second-order valence-electron chi connectivity index (χ2n) is 8.63. The molecule has 0 saturated heterocycles. The minimum Gasteiger partial charge on any atom is -0.309 e. The first-order valence-corrected chi connectivity index (χ1v) is 11.6. The van der Waals surface area contributed by atoms with Gasteiger partial charge < -0.3 is 5.41 Å². The molecule has 4 rings (SSSR count). The number of halogens is 2. The van der Waals surface area contributed by atoms with Crippen LogP contribution in [0, 0.1) is 23.0 Å². The number of aromatic nitrogens is 3. The van der Waals surface area contributed by atoms with E-state index in [4.69, 9.17) is 5.41 Å². The Hall–Kier alpha value is -3.45. The van der Waals surface area contributed by atoms with E-state index in [1.165, 1.54) is 18.2 Å². The largest absolute Gasteiger partial charge is 0.309 e. The van der Waals surface area contributed by atoms with Crippen LogP contribution in [0.2, 0.25) is 0 Å². The summed E-state index contributed by atoms with van der Waals surface area (Å²) in [6.07, 6.45) is 1.53. The van der Waals surface area contributed by atoms with Gasteiger partial charge in [0.25, 0.3) is 0 Å². The maximum atomic E-state index is 14.9. The van der Waals surface area contributed by atoms with Crippen LogP contribution in [0.4, 0.5) is 8.78 Å². The summed E-state index contributed by atoms with van der Waals surface area (Å²) in [4.78, 5) is 2.15. The summed E-state index contributed by atoms with van der Waals surface area (Å²) in [6.45, 7) is 5.63. The van der Waals surface area contributed by atoms with Crippen molar-refractivity contribution in [2.45, 2.75) is 39.8 Å². The highest BCUT2D eigenvalue weighted by Gasteiger charge is 2.19.